The van der Waals surface area contributed by atoms with Gasteiger partial charge in [0.1, 0.15) is 5.83 Å². The molecule has 1 heterocycles. The number of halogens is 1. The molecule has 5 nitrogen and oxygen atoms in total. The van der Waals surface area contributed by atoms with Crippen molar-refractivity contribution in [1.29, 1.82) is 0 Å². The second-order valence-electron chi connectivity index (χ2n) is 4.33. The zero-order valence-corrected chi connectivity index (χ0v) is 11.3. The van der Waals surface area contributed by atoms with Crippen LogP contribution in [0.2, 0.25) is 0 Å². The van der Waals surface area contributed by atoms with Crippen LogP contribution in [0.3, 0.4) is 0 Å². The number of amides is 2. The maximum Gasteiger partial charge on any atom is 0.338 e. The van der Waals surface area contributed by atoms with E-state index < -0.39 is 21.9 Å². The van der Waals surface area contributed by atoms with Crippen LogP contribution < -0.4 is 0 Å². The number of carbonyl (C=O) groups excluding carboxylic acids is 1. The summed E-state index contributed by atoms with van der Waals surface area (Å²) in [5.74, 6) is -0.683. The van der Waals surface area contributed by atoms with Crippen molar-refractivity contribution in [3.05, 3.63) is 41.9 Å². The maximum absolute atomic E-state index is 13.3. The van der Waals surface area contributed by atoms with Crippen LogP contribution in [0, 0.1) is 6.92 Å². The van der Waals surface area contributed by atoms with Gasteiger partial charge in [0.15, 0.2) is 0 Å². The van der Waals surface area contributed by atoms with Crippen LogP contribution in [-0.2, 0) is 10.0 Å². The Morgan fingerprint density at radius 3 is 2.37 bits per heavy atom. The Hall–Kier alpha value is -1.89. The topological polar surface area (TPSA) is 57.7 Å². The SMILES string of the molecule is Cc1ccc(S(=O)(=O)N2C=C(F)CN(C)C2=O)cc1. The molecule has 0 radical (unpaired) electrons. The molecule has 1 aliphatic heterocycles. The lowest BCUT2D eigenvalue weighted by Crippen LogP contribution is -2.45. The number of hydrogen-bond acceptors (Lipinski definition) is 3. The minimum Gasteiger partial charge on any atom is -0.320 e. The van der Waals surface area contributed by atoms with E-state index in [0.29, 0.717) is 4.31 Å². The number of hydrogen-bond donors (Lipinski definition) is 0. The van der Waals surface area contributed by atoms with E-state index in [2.05, 4.69) is 0 Å². The molecule has 102 valence electrons. The summed E-state index contributed by atoms with van der Waals surface area (Å²) in [5, 5.41) is 0. The Labute approximate surface area is 111 Å². The number of sulfonamides is 1. The van der Waals surface area contributed by atoms with Crippen LogP contribution in [0.5, 0.6) is 0 Å². The fourth-order valence-electron chi connectivity index (χ4n) is 1.68. The van der Waals surface area contributed by atoms with Gasteiger partial charge in [-0.05, 0) is 19.1 Å². The first kappa shape index (κ1) is 13.5. The Morgan fingerprint density at radius 2 is 1.79 bits per heavy atom. The summed E-state index contributed by atoms with van der Waals surface area (Å²) in [6, 6.07) is 5.23. The van der Waals surface area contributed by atoms with E-state index in [9.17, 15) is 17.6 Å². The summed E-state index contributed by atoms with van der Waals surface area (Å²) in [6.45, 7) is 1.59. The second-order valence-corrected chi connectivity index (χ2v) is 6.14. The summed E-state index contributed by atoms with van der Waals surface area (Å²) >= 11 is 0. The van der Waals surface area contributed by atoms with Crippen LogP contribution in [0.1, 0.15) is 5.56 Å². The van der Waals surface area contributed by atoms with Gasteiger partial charge in [0.2, 0.25) is 0 Å². The molecule has 1 aromatic rings. The zero-order valence-electron chi connectivity index (χ0n) is 10.5. The maximum atomic E-state index is 13.3. The number of nitrogens with zero attached hydrogens (tertiary/aromatic N) is 2. The van der Waals surface area contributed by atoms with Crippen molar-refractivity contribution >= 4 is 16.1 Å². The minimum atomic E-state index is -4.07. The van der Waals surface area contributed by atoms with E-state index in [1.54, 1.807) is 12.1 Å². The highest BCUT2D eigenvalue weighted by molar-refractivity contribution is 7.89. The van der Waals surface area contributed by atoms with Gasteiger partial charge in [-0.1, -0.05) is 17.7 Å². The molecule has 2 amide bonds. The summed E-state index contributed by atoms with van der Waals surface area (Å²) in [4.78, 5) is 12.8. The molecule has 0 aromatic heterocycles. The van der Waals surface area contributed by atoms with Crippen molar-refractivity contribution in [2.45, 2.75) is 11.8 Å². The van der Waals surface area contributed by atoms with Gasteiger partial charge in [0, 0.05) is 7.05 Å². The fraction of sp³-hybridized carbons (Fsp3) is 0.250. The van der Waals surface area contributed by atoms with Gasteiger partial charge in [0.25, 0.3) is 10.0 Å². The smallest absolute Gasteiger partial charge is 0.320 e. The van der Waals surface area contributed by atoms with Crippen molar-refractivity contribution in [3.63, 3.8) is 0 Å². The molecule has 0 aliphatic carbocycles. The predicted octanol–water partition coefficient (Wildman–Crippen LogP) is 1.86. The molecule has 0 saturated carbocycles. The molecule has 0 unspecified atom stereocenters. The number of benzene rings is 1. The highest BCUT2D eigenvalue weighted by atomic mass is 32.2. The summed E-state index contributed by atoms with van der Waals surface area (Å²) in [6.07, 6.45) is 0.720. The van der Waals surface area contributed by atoms with Crippen LogP contribution in [0.25, 0.3) is 0 Å². The third kappa shape index (κ3) is 2.46. The Morgan fingerprint density at radius 1 is 1.21 bits per heavy atom. The number of carbonyl (C=O) groups is 1. The third-order valence-electron chi connectivity index (χ3n) is 2.74. The largest absolute Gasteiger partial charge is 0.338 e. The Kier molecular flexibility index (Phi) is 3.32. The first-order valence-electron chi connectivity index (χ1n) is 5.55. The van der Waals surface area contributed by atoms with Crippen LogP contribution in [0.4, 0.5) is 9.18 Å². The standard InChI is InChI=1S/C12H13FN2O3S/c1-9-3-5-11(6-4-9)19(17,18)15-8-10(13)7-14(2)12(15)16/h3-6,8H,7H2,1-2H3. The quantitative estimate of drug-likeness (QED) is 0.833. The zero-order chi connectivity index (χ0) is 14.2. The van der Waals surface area contributed by atoms with E-state index in [1.165, 1.54) is 19.2 Å². The normalized spacial score (nSPS) is 16.6. The molecular formula is C12H13FN2O3S. The minimum absolute atomic E-state index is 0.0502. The predicted molar refractivity (Wildman–Crippen MR) is 67.4 cm³/mol. The Bertz CT molecular complexity index is 637. The fourth-order valence-corrected chi connectivity index (χ4v) is 2.99. The van der Waals surface area contributed by atoms with Gasteiger partial charge >= 0.3 is 6.03 Å². The second kappa shape index (κ2) is 4.65. The number of rotatable bonds is 2. The molecule has 0 saturated heterocycles. The molecule has 0 N–H and O–H groups in total. The number of likely N-dealkylation sites (N-methyl/N-ethyl adjacent to an activating group) is 1. The van der Waals surface area contributed by atoms with Crippen molar-refractivity contribution in [2.24, 2.45) is 0 Å². The van der Waals surface area contributed by atoms with Crippen molar-refractivity contribution in [3.8, 4) is 0 Å². The lowest BCUT2D eigenvalue weighted by atomic mass is 10.2. The van der Waals surface area contributed by atoms with E-state index >= 15 is 0 Å². The molecular weight excluding hydrogens is 271 g/mol. The highest BCUT2D eigenvalue weighted by Crippen LogP contribution is 2.22. The van der Waals surface area contributed by atoms with Crippen LogP contribution in [0.15, 0.2) is 41.2 Å². The number of aryl methyl sites for hydroxylation is 1. The van der Waals surface area contributed by atoms with Gasteiger partial charge in [0.05, 0.1) is 17.6 Å². The monoisotopic (exact) mass is 284 g/mol. The molecule has 19 heavy (non-hydrogen) atoms. The molecule has 1 aromatic carbocycles. The summed E-state index contributed by atoms with van der Waals surface area (Å²) in [7, 11) is -2.73. The molecule has 0 fully saturated rings. The van der Waals surface area contributed by atoms with Crippen molar-refractivity contribution in [2.75, 3.05) is 13.6 Å². The van der Waals surface area contributed by atoms with E-state index in [4.69, 9.17) is 0 Å². The third-order valence-corrected chi connectivity index (χ3v) is 4.39. The van der Waals surface area contributed by atoms with Crippen LogP contribution in [-0.4, -0.2) is 37.2 Å². The first-order chi connectivity index (χ1) is 8.82. The molecule has 2 rings (SSSR count). The van der Waals surface area contributed by atoms with E-state index in [0.717, 1.165) is 16.7 Å². The van der Waals surface area contributed by atoms with Gasteiger partial charge < -0.3 is 4.90 Å². The lowest BCUT2D eigenvalue weighted by molar-refractivity contribution is 0.191. The van der Waals surface area contributed by atoms with Gasteiger partial charge in [-0.3, -0.25) is 0 Å². The van der Waals surface area contributed by atoms with Crippen molar-refractivity contribution < 1.29 is 17.6 Å². The number of urea groups is 1. The van der Waals surface area contributed by atoms with Crippen LogP contribution >= 0.6 is 0 Å². The molecule has 0 bridgehead atoms. The van der Waals surface area contributed by atoms with Gasteiger partial charge in [-0.25, -0.2) is 17.6 Å². The summed E-state index contributed by atoms with van der Waals surface area (Å²) < 4.78 is 38.3. The molecule has 0 atom stereocenters. The van der Waals surface area contributed by atoms with E-state index in [-0.39, 0.29) is 11.4 Å². The van der Waals surface area contributed by atoms with Crippen molar-refractivity contribution in [1.82, 2.24) is 9.21 Å². The average molecular weight is 284 g/mol. The Balaban J connectivity index is 2.47. The lowest BCUT2D eigenvalue weighted by Gasteiger charge is -2.28. The highest BCUT2D eigenvalue weighted by Gasteiger charge is 2.33. The van der Waals surface area contributed by atoms with Gasteiger partial charge in [-0.15, -0.1) is 0 Å². The molecule has 0 spiro atoms. The summed E-state index contributed by atoms with van der Waals surface area (Å²) in [5.41, 5.74) is 0.891. The average Bonchev–Trinajstić information content (AvgIpc) is 2.34. The molecule has 1 aliphatic rings. The first-order valence-corrected chi connectivity index (χ1v) is 6.99. The molecule has 7 heteroatoms. The van der Waals surface area contributed by atoms with Gasteiger partial charge in [-0.2, -0.15) is 4.31 Å². The van der Waals surface area contributed by atoms with E-state index in [1.807, 2.05) is 6.92 Å².